The van der Waals surface area contributed by atoms with E-state index in [9.17, 15) is 9.90 Å². The van der Waals surface area contributed by atoms with Gasteiger partial charge in [0.05, 0.1) is 18.3 Å². The minimum absolute atomic E-state index is 0.0818. The summed E-state index contributed by atoms with van der Waals surface area (Å²) in [6.07, 6.45) is 2.97. The Balaban J connectivity index is 2.03. The predicted molar refractivity (Wildman–Crippen MR) is 82.5 cm³/mol. The molecule has 114 valence electrons. The highest BCUT2D eigenvalue weighted by Crippen LogP contribution is 2.21. The van der Waals surface area contributed by atoms with E-state index in [1.807, 2.05) is 26.0 Å². The number of anilines is 1. The van der Waals surface area contributed by atoms with Crippen molar-refractivity contribution in [3.8, 4) is 0 Å². The topological polar surface area (TPSA) is 75.8 Å². The quantitative estimate of drug-likeness (QED) is 0.649. The van der Waals surface area contributed by atoms with Crippen LogP contribution in [0.1, 0.15) is 19.4 Å². The first-order valence-corrected chi connectivity index (χ1v) is 7.01. The van der Waals surface area contributed by atoms with Gasteiger partial charge in [0.15, 0.2) is 0 Å². The number of carbonyl (C=O) groups is 1. The van der Waals surface area contributed by atoms with Crippen molar-refractivity contribution >= 4 is 17.7 Å². The maximum absolute atomic E-state index is 12.3. The summed E-state index contributed by atoms with van der Waals surface area (Å²) >= 11 is 0. The van der Waals surface area contributed by atoms with Gasteiger partial charge in [-0.1, -0.05) is 12.1 Å². The number of aliphatic hydroxyl groups excluding tert-OH is 1. The van der Waals surface area contributed by atoms with Gasteiger partial charge in [0.2, 0.25) is 5.91 Å². The van der Waals surface area contributed by atoms with Crippen LogP contribution in [-0.2, 0) is 9.53 Å². The summed E-state index contributed by atoms with van der Waals surface area (Å²) < 4.78 is 5.70. The van der Waals surface area contributed by atoms with Crippen molar-refractivity contribution in [2.75, 3.05) is 25.4 Å². The van der Waals surface area contributed by atoms with Gasteiger partial charge in [0, 0.05) is 24.9 Å². The number of aliphatic hydroxyl groups is 1. The first kappa shape index (κ1) is 15.5. The Bertz CT molecular complexity index is 523. The van der Waals surface area contributed by atoms with Crippen LogP contribution in [0.15, 0.2) is 30.3 Å². The molecular weight excluding hydrogens is 268 g/mol. The number of amides is 1. The molecule has 1 atom stereocenters. The Labute approximate surface area is 125 Å². The van der Waals surface area contributed by atoms with Gasteiger partial charge in [0.1, 0.15) is 0 Å². The number of nitrogen functional groups attached to an aromatic ring is 1. The van der Waals surface area contributed by atoms with Crippen LogP contribution >= 0.6 is 0 Å². The van der Waals surface area contributed by atoms with Crippen LogP contribution in [0, 0.1) is 0 Å². The van der Waals surface area contributed by atoms with Gasteiger partial charge in [-0.2, -0.15) is 0 Å². The normalized spacial score (nSPS) is 21.7. The molecule has 0 spiro atoms. The molecule has 1 amide bonds. The van der Waals surface area contributed by atoms with E-state index in [1.54, 1.807) is 29.2 Å². The molecule has 1 unspecified atom stereocenters. The Morgan fingerprint density at radius 1 is 1.48 bits per heavy atom. The van der Waals surface area contributed by atoms with Crippen molar-refractivity contribution < 1.29 is 14.6 Å². The molecule has 1 fully saturated rings. The average Bonchev–Trinajstić information content (AvgIpc) is 2.44. The first-order valence-electron chi connectivity index (χ1n) is 7.01. The number of hydrogen-bond acceptors (Lipinski definition) is 4. The van der Waals surface area contributed by atoms with E-state index in [1.165, 1.54) is 0 Å². The highest BCUT2D eigenvalue weighted by Gasteiger charge is 2.34. The summed E-state index contributed by atoms with van der Waals surface area (Å²) in [7, 11) is 0. The van der Waals surface area contributed by atoms with Gasteiger partial charge in [-0.3, -0.25) is 4.79 Å². The summed E-state index contributed by atoms with van der Waals surface area (Å²) in [4.78, 5) is 14.0. The standard InChI is InChI=1S/C16H22N2O3/c1-16(2)11-18(9-14(10-19)21-16)15(20)8-5-12-3-6-13(17)7-4-12/h3-8,14,19H,9-11,17H2,1-2H3/b8-5+. The fourth-order valence-electron chi connectivity index (χ4n) is 2.44. The lowest BCUT2D eigenvalue weighted by Crippen LogP contribution is -2.55. The van der Waals surface area contributed by atoms with Crippen LogP contribution in [0.2, 0.25) is 0 Å². The van der Waals surface area contributed by atoms with Gasteiger partial charge in [0.25, 0.3) is 0 Å². The van der Waals surface area contributed by atoms with E-state index in [0.29, 0.717) is 18.8 Å². The fourth-order valence-corrected chi connectivity index (χ4v) is 2.44. The van der Waals surface area contributed by atoms with E-state index in [-0.39, 0.29) is 18.6 Å². The lowest BCUT2D eigenvalue weighted by Gasteiger charge is -2.41. The Morgan fingerprint density at radius 2 is 2.14 bits per heavy atom. The lowest BCUT2D eigenvalue weighted by atomic mass is 10.1. The minimum Gasteiger partial charge on any atom is -0.399 e. The molecule has 1 heterocycles. The molecule has 1 aliphatic heterocycles. The largest absolute Gasteiger partial charge is 0.399 e. The summed E-state index contributed by atoms with van der Waals surface area (Å²) in [5.41, 5.74) is 6.79. The Kier molecular flexibility index (Phi) is 4.65. The van der Waals surface area contributed by atoms with Crippen molar-refractivity contribution in [3.05, 3.63) is 35.9 Å². The van der Waals surface area contributed by atoms with Crippen molar-refractivity contribution in [1.82, 2.24) is 4.90 Å². The molecule has 0 radical (unpaired) electrons. The molecule has 5 heteroatoms. The van der Waals surface area contributed by atoms with E-state index in [2.05, 4.69) is 0 Å². The predicted octanol–water partition coefficient (Wildman–Crippen LogP) is 1.28. The number of morpholine rings is 1. The van der Waals surface area contributed by atoms with Gasteiger partial charge in [-0.25, -0.2) is 0 Å². The number of carbonyl (C=O) groups excluding carboxylic acids is 1. The smallest absolute Gasteiger partial charge is 0.246 e. The van der Waals surface area contributed by atoms with Crippen molar-refractivity contribution in [2.45, 2.75) is 25.6 Å². The second-order valence-electron chi connectivity index (χ2n) is 5.90. The van der Waals surface area contributed by atoms with Gasteiger partial charge < -0.3 is 20.5 Å². The summed E-state index contributed by atoms with van der Waals surface area (Å²) in [5, 5.41) is 9.26. The molecule has 1 aromatic carbocycles. The van der Waals surface area contributed by atoms with Gasteiger partial charge >= 0.3 is 0 Å². The molecule has 0 bridgehead atoms. The monoisotopic (exact) mass is 290 g/mol. The zero-order valence-electron chi connectivity index (χ0n) is 12.5. The summed E-state index contributed by atoms with van der Waals surface area (Å²) in [6, 6.07) is 7.31. The van der Waals surface area contributed by atoms with Crippen LogP contribution in [0.5, 0.6) is 0 Å². The summed E-state index contributed by atoms with van der Waals surface area (Å²) in [6.45, 7) is 4.66. The fraction of sp³-hybridized carbons (Fsp3) is 0.438. The molecule has 2 rings (SSSR count). The highest BCUT2D eigenvalue weighted by atomic mass is 16.5. The average molecular weight is 290 g/mol. The van der Waals surface area contributed by atoms with Crippen molar-refractivity contribution in [1.29, 1.82) is 0 Å². The van der Waals surface area contributed by atoms with E-state index < -0.39 is 5.60 Å². The number of nitrogens with zero attached hydrogens (tertiary/aromatic N) is 1. The van der Waals surface area contributed by atoms with E-state index in [4.69, 9.17) is 10.5 Å². The molecule has 1 aromatic rings. The third kappa shape index (κ3) is 4.31. The van der Waals surface area contributed by atoms with E-state index >= 15 is 0 Å². The van der Waals surface area contributed by atoms with Crippen LogP contribution < -0.4 is 5.73 Å². The SMILES string of the molecule is CC1(C)CN(C(=O)/C=C/c2ccc(N)cc2)CC(CO)O1. The third-order valence-corrected chi connectivity index (χ3v) is 3.35. The van der Waals surface area contributed by atoms with Crippen LogP contribution in [0.4, 0.5) is 5.69 Å². The number of rotatable bonds is 3. The Morgan fingerprint density at radius 3 is 2.76 bits per heavy atom. The molecule has 1 saturated heterocycles. The maximum atomic E-state index is 12.3. The molecule has 1 aliphatic rings. The number of nitrogens with two attached hydrogens (primary N) is 1. The van der Waals surface area contributed by atoms with Crippen molar-refractivity contribution in [3.63, 3.8) is 0 Å². The second-order valence-corrected chi connectivity index (χ2v) is 5.90. The first-order chi connectivity index (χ1) is 9.89. The molecule has 21 heavy (non-hydrogen) atoms. The zero-order chi connectivity index (χ0) is 15.5. The molecule has 0 aromatic heterocycles. The third-order valence-electron chi connectivity index (χ3n) is 3.35. The van der Waals surface area contributed by atoms with Crippen LogP contribution in [0.3, 0.4) is 0 Å². The van der Waals surface area contributed by atoms with Crippen LogP contribution in [-0.4, -0.2) is 47.3 Å². The molecular formula is C16H22N2O3. The molecule has 3 N–H and O–H groups in total. The lowest BCUT2D eigenvalue weighted by molar-refractivity contribution is -0.163. The second kappa shape index (κ2) is 6.28. The number of hydrogen-bond donors (Lipinski definition) is 2. The van der Waals surface area contributed by atoms with Gasteiger partial charge in [-0.05, 0) is 37.6 Å². The zero-order valence-corrected chi connectivity index (χ0v) is 12.5. The van der Waals surface area contributed by atoms with Crippen molar-refractivity contribution in [2.24, 2.45) is 0 Å². The molecule has 0 aliphatic carbocycles. The summed E-state index contributed by atoms with van der Waals surface area (Å²) in [5.74, 6) is -0.0818. The van der Waals surface area contributed by atoms with Crippen LogP contribution in [0.25, 0.3) is 6.08 Å². The van der Waals surface area contributed by atoms with Gasteiger partial charge in [-0.15, -0.1) is 0 Å². The number of ether oxygens (including phenoxy) is 1. The molecule has 0 saturated carbocycles. The van der Waals surface area contributed by atoms with E-state index in [0.717, 1.165) is 5.56 Å². The maximum Gasteiger partial charge on any atom is 0.246 e. The highest BCUT2D eigenvalue weighted by molar-refractivity contribution is 5.92. The Hall–Kier alpha value is -1.85. The molecule has 5 nitrogen and oxygen atoms in total. The number of benzene rings is 1. The minimum atomic E-state index is -0.448.